The standard InChI is InChI=1S/C19H34O3/c1-2-3-4-5-6-7-8-9-16-10-17(20)13-18(21,11-16)15-19(22,12-16)14-17/h20-22H,2-15H2,1H3. The second-order valence-electron chi connectivity index (χ2n) is 9.11. The molecule has 4 aliphatic rings. The van der Waals surface area contributed by atoms with E-state index in [2.05, 4.69) is 6.92 Å². The van der Waals surface area contributed by atoms with Crippen molar-refractivity contribution in [3.05, 3.63) is 0 Å². The molecule has 0 aromatic carbocycles. The molecule has 4 fully saturated rings. The smallest absolute Gasteiger partial charge is 0.0707 e. The molecular formula is C19H34O3. The maximum absolute atomic E-state index is 10.8. The number of rotatable bonds is 8. The highest BCUT2D eigenvalue weighted by Crippen LogP contribution is 2.65. The van der Waals surface area contributed by atoms with Crippen molar-refractivity contribution in [1.82, 2.24) is 0 Å². The van der Waals surface area contributed by atoms with Crippen molar-refractivity contribution in [2.24, 2.45) is 5.41 Å². The molecule has 0 spiro atoms. The summed E-state index contributed by atoms with van der Waals surface area (Å²) in [6.07, 6.45) is 13.9. The molecule has 3 heteroatoms. The van der Waals surface area contributed by atoms with Gasteiger partial charge < -0.3 is 15.3 Å². The van der Waals surface area contributed by atoms with Crippen LogP contribution >= 0.6 is 0 Å². The third kappa shape index (κ3) is 3.37. The van der Waals surface area contributed by atoms with Crippen molar-refractivity contribution in [2.45, 2.75) is 114 Å². The van der Waals surface area contributed by atoms with E-state index in [0.29, 0.717) is 19.3 Å². The van der Waals surface area contributed by atoms with Gasteiger partial charge in [-0.25, -0.2) is 0 Å². The van der Waals surface area contributed by atoms with Crippen LogP contribution in [0.4, 0.5) is 0 Å². The van der Waals surface area contributed by atoms with E-state index >= 15 is 0 Å². The minimum absolute atomic E-state index is 0.0174. The zero-order chi connectivity index (χ0) is 15.9. The number of unbranched alkanes of at least 4 members (excludes halogenated alkanes) is 6. The minimum Gasteiger partial charge on any atom is -0.390 e. The van der Waals surface area contributed by atoms with Gasteiger partial charge in [-0.15, -0.1) is 0 Å². The lowest BCUT2D eigenvalue weighted by atomic mass is 9.44. The van der Waals surface area contributed by atoms with E-state index in [9.17, 15) is 15.3 Å². The van der Waals surface area contributed by atoms with Crippen LogP contribution in [0.2, 0.25) is 0 Å². The molecular weight excluding hydrogens is 276 g/mol. The van der Waals surface area contributed by atoms with E-state index in [-0.39, 0.29) is 5.41 Å². The highest BCUT2D eigenvalue weighted by Gasteiger charge is 2.67. The molecule has 0 aromatic heterocycles. The summed E-state index contributed by atoms with van der Waals surface area (Å²) in [5, 5.41) is 32.3. The second kappa shape index (κ2) is 5.75. The van der Waals surface area contributed by atoms with Crippen LogP contribution in [-0.2, 0) is 0 Å². The van der Waals surface area contributed by atoms with Gasteiger partial charge >= 0.3 is 0 Å². The molecule has 0 unspecified atom stereocenters. The minimum atomic E-state index is -0.820. The molecule has 0 radical (unpaired) electrons. The van der Waals surface area contributed by atoms with Crippen LogP contribution in [0.3, 0.4) is 0 Å². The number of hydrogen-bond acceptors (Lipinski definition) is 3. The Balaban J connectivity index is 1.53. The summed E-state index contributed by atoms with van der Waals surface area (Å²) >= 11 is 0. The first-order valence-corrected chi connectivity index (χ1v) is 9.47. The zero-order valence-corrected chi connectivity index (χ0v) is 14.2. The molecule has 22 heavy (non-hydrogen) atoms. The quantitative estimate of drug-likeness (QED) is 0.599. The second-order valence-corrected chi connectivity index (χ2v) is 9.11. The number of aliphatic hydroxyl groups is 3. The first kappa shape index (κ1) is 16.7. The molecule has 0 aliphatic heterocycles. The van der Waals surface area contributed by atoms with Gasteiger partial charge in [0.15, 0.2) is 0 Å². The lowest BCUT2D eigenvalue weighted by molar-refractivity contribution is -0.281. The summed E-state index contributed by atoms with van der Waals surface area (Å²) in [5.41, 5.74) is -2.48. The van der Waals surface area contributed by atoms with E-state index in [1.807, 2.05) is 0 Å². The molecule has 0 saturated heterocycles. The maximum Gasteiger partial charge on any atom is 0.0707 e. The van der Waals surface area contributed by atoms with Gasteiger partial charge in [0.25, 0.3) is 0 Å². The van der Waals surface area contributed by atoms with Crippen molar-refractivity contribution in [1.29, 1.82) is 0 Å². The van der Waals surface area contributed by atoms with Crippen LogP contribution in [0.1, 0.15) is 96.8 Å². The SMILES string of the molecule is CCCCCCCCCC12CC3(O)CC(O)(CC(O)(C3)C1)C2. The van der Waals surface area contributed by atoms with Gasteiger partial charge in [0.2, 0.25) is 0 Å². The van der Waals surface area contributed by atoms with E-state index in [1.54, 1.807) is 0 Å². The highest BCUT2D eigenvalue weighted by molar-refractivity contribution is 5.19. The third-order valence-electron chi connectivity index (χ3n) is 6.40. The molecule has 0 amide bonds. The van der Waals surface area contributed by atoms with Crippen LogP contribution < -0.4 is 0 Å². The highest BCUT2D eigenvalue weighted by atomic mass is 16.3. The first-order valence-electron chi connectivity index (χ1n) is 9.47. The number of hydrogen-bond donors (Lipinski definition) is 3. The Kier molecular flexibility index (Phi) is 4.37. The Morgan fingerprint density at radius 3 is 1.45 bits per heavy atom. The average molecular weight is 310 g/mol. The van der Waals surface area contributed by atoms with Gasteiger partial charge in [0.1, 0.15) is 0 Å². The molecule has 4 saturated carbocycles. The molecule has 3 N–H and O–H groups in total. The maximum atomic E-state index is 10.8. The fourth-order valence-corrected chi connectivity index (χ4v) is 6.40. The molecule has 3 nitrogen and oxygen atoms in total. The van der Waals surface area contributed by atoms with Gasteiger partial charge in [-0.1, -0.05) is 51.9 Å². The normalized spacial score (nSPS) is 46.4. The van der Waals surface area contributed by atoms with Crippen molar-refractivity contribution in [3.63, 3.8) is 0 Å². The molecule has 4 rings (SSSR count). The predicted octanol–water partition coefficient (Wildman–Crippen LogP) is 3.69. The molecule has 4 bridgehead atoms. The molecule has 128 valence electrons. The Hall–Kier alpha value is -0.120. The van der Waals surface area contributed by atoms with Crippen LogP contribution in [0, 0.1) is 5.41 Å². The van der Waals surface area contributed by atoms with Crippen LogP contribution in [0.5, 0.6) is 0 Å². The summed E-state index contributed by atoms with van der Waals surface area (Å²) in [5.74, 6) is 0. The molecule has 0 aromatic rings. The molecule has 0 atom stereocenters. The Morgan fingerprint density at radius 1 is 0.591 bits per heavy atom. The van der Waals surface area contributed by atoms with E-state index in [4.69, 9.17) is 0 Å². The van der Waals surface area contributed by atoms with Gasteiger partial charge in [0, 0.05) is 19.3 Å². The molecule has 0 heterocycles. The third-order valence-corrected chi connectivity index (χ3v) is 6.40. The fraction of sp³-hybridized carbons (Fsp3) is 1.00. The van der Waals surface area contributed by atoms with Crippen LogP contribution in [-0.4, -0.2) is 32.1 Å². The topological polar surface area (TPSA) is 60.7 Å². The van der Waals surface area contributed by atoms with E-state index in [0.717, 1.165) is 25.7 Å². The monoisotopic (exact) mass is 310 g/mol. The first-order chi connectivity index (χ1) is 10.3. The average Bonchev–Trinajstić information content (AvgIpc) is 2.31. The van der Waals surface area contributed by atoms with Crippen molar-refractivity contribution in [2.75, 3.05) is 0 Å². The van der Waals surface area contributed by atoms with Gasteiger partial charge in [-0.2, -0.15) is 0 Å². The lowest BCUT2D eigenvalue weighted by Gasteiger charge is -2.66. The summed E-state index contributed by atoms with van der Waals surface area (Å²) in [6.45, 7) is 2.24. The van der Waals surface area contributed by atoms with Gasteiger partial charge in [-0.3, -0.25) is 0 Å². The summed E-state index contributed by atoms with van der Waals surface area (Å²) in [4.78, 5) is 0. The van der Waals surface area contributed by atoms with Crippen molar-refractivity contribution >= 4 is 0 Å². The van der Waals surface area contributed by atoms with E-state index < -0.39 is 16.8 Å². The van der Waals surface area contributed by atoms with Crippen LogP contribution in [0.15, 0.2) is 0 Å². The summed E-state index contributed by atoms with van der Waals surface area (Å²) in [6, 6.07) is 0. The van der Waals surface area contributed by atoms with Gasteiger partial charge in [0.05, 0.1) is 16.8 Å². The zero-order valence-electron chi connectivity index (χ0n) is 14.2. The summed E-state index contributed by atoms with van der Waals surface area (Å²) < 4.78 is 0. The fourth-order valence-electron chi connectivity index (χ4n) is 6.40. The van der Waals surface area contributed by atoms with Crippen molar-refractivity contribution < 1.29 is 15.3 Å². The Labute approximate surface area is 135 Å². The molecule has 4 aliphatic carbocycles. The van der Waals surface area contributed by atoms with E-state index in [1.165, 1.54) is 44.9 Å². The van der Waals surface area contributed by atoms with Crippen LogP contribution in [0.25, 0.3) is 0 Å². The predicted molar refractivity (Wildman–Crippen MR) is 87.6 cm³/mol. The largest absolute Gasteiger partial charge is 0.390 e. The Bertz CT molecular complexity index is 352. The lowest BCUT2D eigenvalue weighted by Crippen LogP contribution is -2.69. The summed E-state index contributed by atoms with van der Waals surface area (Å²) in [7, 11) is 0. The van der Waals surface area contributed by atoms with Gasteiger partial charge in [-0.05, 0) is 31.1 Å². The van der Waals surface area contributed by atoms with Crippen molar-refractivity contribution in [3.8, 4) is 0 Å². The Morgan fingerprint density at radius 2 is 1.00 bits per heavy atom.